The first-order valence-corrected chi connectivity index (χ1v) is 4.43. The summed E-state index contributed by atoms with van der Waals surface area (Å²) in [6.07, 6.45) is 0.510. The third-order valence-corrected chi connectivity index (χ3v) is 1.38. The molecular weight excluding hydrogens is 172 g/mol. The minimum absolute atomic E-state index is 0.0433. The molecule has 0 heterocycles. The molecule has 0 spiro atoms. The van der Waals surface area contributed by atoms with Crippen LogP contribution in [0.5, 0.6) is 0 Å². The van der Waals surface area contributed by atoms with Gasteiger partial charge in [0, 0.05) is 13.0 Å². The van der Waals surface area contributed by atoms with Crippen molar-refractivity contribution < 1.29 is 14.3 Å². The summed E-state index contributed by atoms with van der Waals surface area (Å²) >= 11 is 0. The number of amides is 1. The number of rotatable bonds is 8. The van der Waals surface area contributed by atoms with Gasteiger partial charge in [-0.05, 0) is 0 Å². The molecule has 5 heteroatoms. The van der Waals surface area contributed by atoms with Gasteiger partial charge in [0.1, 0.15) is 0 Å². The molecule has 3 N–H and O–H groups in total. The zero-order chi connectivity index (χ0) is 9.94. The van der Waals surface area contributed by atoms with Gasteiger partial charge in [0.2, 0.25) is 5.91 Å². The fraction of sp³-hybridized carbons (Fsp3) is 0.875. The van der Waals surface area contributed by atoms with E-state index in [1.807, 2.05) is 6.92 Å². The number of nitrogens with two attached hydrogens (primary N) is 1. The van der Waals surface area contributed by atoms with Crippen molar-refractivity contribution in [3.63, 3.8) is 0 Å². The van der Waals surface area contributed by atoms with Gasteiger partial charge in [-0.3, -0.25) is 4.79 Å². The summed E-state index contributed by atoms with van der Waals surface area (Å²) in [4.78, 5) is 10.7. The summed E-state index contributed by atoms with van der Waals surface area (Å²) in [5, 5.41) is 2.69. The van der Waals surface area contributed by atoms with Crippen LogP contribution in [0, 0.1) is 0 Å². The molecule has 5 nitrogen and oxygen atoms in total. The molecule has 0 saturated heterocycles. The second-order valence-corrected chi connectivity index (χ2v) is 2.39. The lowest BCUT2D eigenvalue weighted by Crippen LogP contribution is -2.26. The van der Waals surface area contributed by atoms with Crippen LogP contribution in [0.2, 0.25) is 0 Å². The minimum atomic E-state index is 0.0433. The van der Waals surface area contributed by atoms with Crippen LogP contribution in [0.4, 0.5) is 0 Å². The van der Waals surface area contributed by atoms with Gasteiger partial charge in [0.05, 0.1) is 26.6 Å². The molecule has 0 unspecified atom stereocenters. The third kappa shape index (κ3) is 9.26. The van der Waals surface area contributed by atoms with Crippen LogP contribution in [0.15, 0.2) is 0 Å². The molecular formula is C8H18N2O3. The monoisotopic (exact) mass is 190 g/mol. The number of carbonyl (C=O) groups excluding carboxylic acids is 1. The first kappa shape index (κ1) is 12.3. The van der Waals surface area contributed by atoms with E-state index in [2.05, 4.69) is 5.32 Å². The van der Waals surface area contributed by atoms with Crippen LogP contribution in [0.1, 0.15) is 13.3 Å². The second-order valence-electron chi connectivity index (χ2n) is 2.39. The Hall–Kier alpha value is -0.650. The first-order chi connectivity index (χ1) is 6.31. The summed E-state index contributed by atoms with van der Waals surface area (Å²) in [5.41, 5.74) is 5.09. The number of nitrogens with one attached hydrogen (secondary N) is 1. The van der Waals surface area contributed by atoms with E-state index >= 15 is 0 Å². The molecule has 0 saturated carbocycles. The topological polar surface area (TPSA) is 73.6 Å². The van der Waals surface area contributed by atoms with Gasteiger partial charge in [0.15, 0.2) is 0 Å². The summed E-state index contributed by atoms with van der Waals surface area (Å²) in [5.74, 6) is 0.0433. The van der Waals surface area contributed by atoms with Crippen LogP contribution in [0.3, 0.4) is 0 Å². The van der Waals surface area contributed by atoms with Crippen LogP contribution >= 0.6 is 0 Å². The Labute approximate surface area is 78.6 Å². The van der Waals surface area contributed by atoms with Crippen LogP contribution in [-0.2, 0) is 14.3 Å². The second kappa shape index (κ2) is 9.44. The van der Waals surface area contributed by atoms with E-state index in [9.17, 15) is 4.79 Å². The van der Waals surface area contributed by atoms with Gasteiger partial charge in [-0.25, -0.2) is 0 Å². The number of hydrogen-bond acceptors (Lipinski definition) is 4. The highest BCUT2D eigenvalue weighted by Gasteiger charge is 1.94. The molecule has 0 atom stereocenters. The van der Waals surface area contributed by atoms with Gasteiger partial charge in [-0.1, -0.05) is 6.92 Å². The van der Waals surface area contributed by atoms with Crippen molar-refractivity contribution in [3.8, 4) is 0 Å². The highest BCUT2D eigenvalue weighted by atomic mass is 16.5. The molecule has 0 aromatic rings. The SMILES string of the molecule is CCC(=O)NCCOCCOCN. The Kier molecular flexibility index (Phi) is 8.97. The smallest absolute Gasteiger partial charge is 0.219 e. The van der Waals surface area contributed by atoms with E-state index in [0.717, 1.165) is 0 Å². The molecule has 0 aliphatic heterocycles. The molecule has 0 rings (SSSR count). The van der Waals surface area contributed by atoms with Gasteiger partial charge in [-0.2, -0.15) is 0 Å². The van der Waals surface area contributed by atoms with E-state index in [1.54, 1.807) is 0 Å². The summed E-state index contributed by atoms with van der Waals surface area (Å²) < 4.78 is 9.98. The van der Waals surface area contributed by atoms with E-state index in [1.165, 1.54) is 0 Å². The summed E-state index contributed by atoms with van der Waals surface area (Å²) in [6.45, 7) is 4.10. The van der Waals surface area contributed by atoms with Crippen molar-refractivity contribution in [1.29, 1.82) is 0 Å². The lowest BCUT2D eigenvalue weighted by Gasteiger charge is -2.05. The lowest BCUT2D eigenvalue weighted by atomic mass is 10.4. The molecule has 0 bridgehead atoms. The fourth-order valence-electron chi connectivity index (χ4n) is 0.691. The lowest BCUT2D eigenvalue weighted by molar-refractivity contribution is -0.121. The predicted octanol–water partition coefficient (Wildman–Crippen LogP) is -0.538. The summed E-state index contributed by atoms with van der Waals surface area (Å²) in [6, 6.07) is 0. The normalized spacial score (nSPS) is 10.0. The van der Waals surface area contributed by atoms with Crippen LogP contribution < -0.4 is 11.1 Å². The van der Waals surface area contributed by atoms with Crippen LogP contribution in [-0.4, -0.2) is 39.0 Å². The Morgan fingerprint density at radius 2 is 2.00 bits per heavy atom. The zero-order valence-electron chi connectivity index (χ0n) is 8.04. The molecule has 0 aromatic heterocycles. The number of carbonyl (C=O) groups is 1. The Bertz CT molecular complexity index is 131. The standard InChI is InChI=1S/C8H18N2O3/c1-2-8(11)10-3-4-12-5-6-13-7-9/h2-7,9H2,1H3,(H,10,11). The molecule has 0 fully saturated rings. The largest absolute Gasteiger partial charge is 0.377 e. The average molecular weight is 190 g/mol. The maximum absolute atomic E-state index is 10.7. The number of ether oxygens (including phenoxy) is 2. The van der Waals surface area contributed by atoms with Crippen molar-refractivity contribution in [3.05, 3.63) is 0 Å². The molecule has 0 aliphatic rings. The van der Waals surface area contributed by atoms with E-state index in [4.69, 9.17) is 15.2 Å². The quantitative estimate of drug-likeness (QED) is 0.398. The minimum Gasteiger partial charge on any atom is -0.377 e. The maximum Gasteiger partial charge on any atom is 0.219 e. The van der Waals surface area contributed by atoms with Crippen molar-refractivity contribution in [2.75, 3.05) is 33.1 Å². The van der Waals surface area contributed by atoms with Gasteiger partial charge in [-0.15, -0.1) is 0 Å². The Balaban J connectivity index is 2.95. The highest BCUT2D eigenvalue weighted by Crippen LogP contribution is 1.77. The molecule has 0 aromatic carbocycles. The molecule has 0 radical (unpaired) electrons. The third-order valence-electron chi connectivity index (χ3n) is 1.38. The van der Waals surface area contributed by atoms with Gasteiger partial charge in [0.25, 0.3) is 0 Å². The average Bonchev–Trinajstić information content (AvgIpc) is 2.16. The Morgan fingerprint density at radius 3 is 2.62 bits per heavy atom. The number of hydrogen-bond donors (Lipinski definition) is 2. The van der Waals surface area contributed by atoms with Crippen molar-refractivity contribution >= 4 is 5.91 Å². The van der Waals surface area contributed by atoms with Crippen LogP contribution in [0.25, 0.3) is 0 Å². The Morgan fingerprint density at radius 1 is 1.31 bits per heavy atom. The molecule has 1 amide bonds. The van der Waals surface area contributed by atoms with E-state index < -0.39 is 0 Å². The van der Waals surface area contributed by atoms with Crippen molar-refractivity contribution in [2.24, 2.45) is 5.73 Å². The van der Waals surface area contributed by atoms with E-state index in [-0.39, 0.29) is 12.6 Å². The van der Waals surface area contributed by atoms with Crippen molar-refractivity contribution in [1.82, 2.24) is 5.32 Å². The summed E-state index contributed by atoms with van der Waals surface area (Å²) in [7, 11) is 0. The highest BCUT2D eigenvalue weighted by molar-refractivity contribution is 5.75. The van der Waals surface area contributed by atoms with E-state index in [0.29, 0.717) is 32.8 Å². The zero-order valence-corrected chi connectivity index (χ0v) is 8.04. The fourth-order valence-corrected chi connectivity index (χ4v) is 0.691. The molecule has 0 aliphatic carbocycles. The predicted molar refractivity (Wildman–Crippen MR) is 49.1 cm³/mol. The van der Waals surface area contributed by atoms with Gasteiger partial charge < -0.3 is 20.5 Å². The molecule has 78 valence electrons. The molecule has 13 heavy (non-hydrogen) atoms. The first-order valence-electron chi connectivity index (χ1n) is 4.43. The van der Waals surface area contributed by atoms with Gasteiger partial charge >= 0.3 is 0 Å². The maximum atomic E-state index is 10.7. The van der Waals surface area contributed by atoms with Crippen molar-refractivity contribution in [2.45, 2.75) is 13.3 Å².